The van der Waals surface area contributed by atoms with Crippen LogP contribution in [0.15, 0.2) is 39.9 Å². The lowest BCUT2D eigenvalue weighted by Gasteiger charge is -2.32. The Bertz CT molecular complexity index is 836. The molecule has 1 aliphatic heterocycles. The van der Waals surface area contributed by atoms with E-state index in [1.165, 1.54) is 12.1 Å². The molecule has 0 radical (unpaired) electrons. The fourth-order valence-corrected chi connectivity index (χ4v) is 5.11. The number of carbonyl (C=O) groups is 1. The Morgan fingerprint density at radius 3 is 2.36 bits per heavy atom. The van der Waals surface area contributed by atoms with Crippen LogP contribution in [0.4, 0.5) is 0 Å². The molecule has 1 fully saturated rings. The highest BCUT2D eigenvalue weighted by Crippen LogP contribution is 2.23. The third-order valence-electron chi connectivity index (χ3n) is 4.01. The number of likely N-dealkylation sites (tertiary alicyclic amines) is 1. The number of thiophene rings is 1. The van der Waals surface area contributed by atoms with Crippen molar-refractivity contribution in [2.75, 3.05) is 13.1 Å². The Balaban J connectivity index is 1.61. The Morgan fingerprint density at radius 1 is 1.16 bits per heavy atom. The van der Waals surface area contributed by atoms with Crippen molar-refractivity contribution in [3.63, 3.8) is 0 Å². The number of piperidine rings is 1. The number of phenolic OH excluding ortho intramolecular Hbond substituents is 2. The molecule has 9 heteroatoms. The number of carbonyl (C=O) groups excluding carboxylic acids is 1. The first-order chi connectivity index (χ1) is 11.8. The average Bonchev–Trinajstić information content (AvgIpc) is 3.09. The molecule has 1 aromatic heterocycles. The van der Waals surface area contributed by atoms with Gasteiger partial charge in [-0.05, 0) is 36.4 Å². The van der Waals surface area contributed by atoms with Crippen LogP contribution in [0.3, 0.4) is 0 Å². The second-order valence-corrected chi connectivity index (χ2v) is 8.75. The van der Waals surface area contributed by atoms with Crippen molar-refractivity contribution >= 4 is 27.3 Å². The zero-order valence-corrected chi connectivity index (χ0v) is 14.9. The van der Waals surface area contributed by atoms with Gasteiger partial charge in [0.2, 0.25) is 10.0 Å². The van der Waals surface area contributed by atoms with Gasteiger partial charge in [-0.15, -0.1) is 11.3 Å². The van der Waals surface area contributed by atoms with Crippen molar-refractivity contribution < 1.29 is 23.4 Å². The molecule has 3 rings (SSSR count). The highest BCUT2D eigenvalue weighted by Gasteiger charge is 2.27. The lowest BCUT2D eigenvalue weighted by Crippen LogP contribution is -2.46. The molecule has 2 heterocycles. The largest absolute Gasteiger partial charge is 0.508 e. The summed E-state index contributed by atoms with van der Waals surface area (Å²) in [5, 5.41) is 20.7. The van der Waals surface area contributed by atoms with E-state index >= 15 is 0 Å². The molecule has 0 spiro atoms. The molecule has 0 bridgehead atoms. The number of hydrogen-bond donors (Lipinski definition) is 3. The van der Waals surface area contributed by atoms with Crippen molar-refractivity contribution in [3.05, 3.63) is 41.3 Å². The molecule has 0 saturated carbocycles. The van der Waals surface area contributed by atoms with Crippen LogP contribution < -0.4 is 4.72 Å². The van der Waals surface area contributed by atoms with Crippen LogP contribution in [0.1, 0.15) is 23.2 Å². The molecular weight excluding hydrogens is 364 g/mol. The minimum atomic E-state index is -3.52. The second kappa shape index (κ2) is 7.03. The Morgan fingerprint density at radius 2 is 1.80 bits per heavy atom. The van der Waals surface area contributed by atoms with Gasteiger partial charge in [0.15, 0.2) is 0 Å². The van der Waals surface area contributed by atoms with Crippen LogP contribution in [-0.4, -0.2) is 48.6 Å². The molecule has 0 unspecified atom stereocenters. The summed E-state index contributed by atoms with van der Waals surface area (Å²) in [7, 11) is -3.52. The van der Waals surface area contributed by atoms with Crippen molar-refractivity contribution in [1.29, 1.82) is 0 Å². The van der Waals surface area contributed by atoms with E-state index in [0.717, 1.165) is 17.4 Å². The summed E-state index contributed by atoms with van der Waals surface area (Å²) in [5.74, 6) is -0.658. The van der Waals surface area contributed by atoms with E-state index in [9.17, 15) is 23.4 Å². The van der Waals surface area contributed by atoms with Crippen molar-refractivity contribution in [1.82, 2.24) is 9.62 Å². The lowest BCUT2D eigenvalue weighted by molar-refractivity contribution is 0.0710. The molecule has 25 heavy (non-hydrogen) atoms. The van der Waals surface area contributed by atoms with Gasteiger partial charge in [-0.25, -0.2) is 13.1 Å². The molecule has 1 saturated heterocycles. The first kappa shape index (κ1) is 17.7. The van der Waals surface area contributed by atoms with Crippen LogP contribution in [0, 0.1) is 0 Å². The quantitative estimate of drug-likeness (QED) is 0.747. The van der Waals surface area contributed by atoms with E-state index < -0.39 is 10.0 Å². The zero-order chi connectivity index (χ0) is 18.0. The van der Waals surface area contributed by atoms with Crippen LogP contribution in [-0.2, 0) is 10.0 Å². The standard InChI is InChI=1S/C16H18N2O5S2/c19-13-8-11(9-14(20)10-13)16(21)18-5-3-12(4-6-18)17-25(22,23)15-2-1-7-24-15/h1-2,7-10,12,17,19-20H,3-6H2. The van der Waals surface area contributed by atoms with E-state index in [1.807, 2.05) is 0 Å². The molecule has 0 aliphatic carbocycles. The molecular formula is C16H18N2O5S2. The van der Waals surface area contributed by atoms with Gasteiger partial charge in [0.1, 0.15) is 15.7 Å². The minimum Gasteiger partial charge on any atom is -0.508 e. The van der Waals surface area contributed by atoms with Gasteiger partial charge in [0.05, 0.1) is 0 Å². The maximum Gasteiger partial charge on any atom is 0.254 e. The normalized spacial score (nSPS) is 16.1. The summed E-state index contributed by atoms with van der Waals surface area (Å²) in [6, 6.07) is 6.77. The van der Waals surface area contributed by atoms with Crippen LogP contribution in [0.25, 0.3) is 0 Å². The number of aromatic hydroxyl groups is 2. The smallest absolute Gasteiger partial charge is 0.254 e. The summed E-state index contributed by atoms with van der Waals surface area (Å²) >= 11 is 1.16. The highest BCUT2D eigenvalue weighted by atomic mass is 32.2. The number of hydrogen-bond acceptors (Lipinski definition) is 6. The Labute approximate surface area is 149 Å². The SMILES string of the molecule is O=C(c1cc(O)cc(O)c1)N1CCC(NS(=O)(=O)c2cccs2)CC1. The molecule has 3 N–H and O–H groups in total. The van der Waals surface area contributed by atoms with Crippen molar-refractivity contribution in [2.45, 2.75) is 23.1 Å². The zero-order valence-electron chi connectivity index (χ0n) is 13.3. The minimum absolute atomic E-state index is 0.179. The monoisotopic (exact) mass is 382 g/mol. The van der Waals surface area contributed by atoms with Crippen LogP contribution >= 0.6 is 11.3 Å². The van der Waals surface area contributed by atoms with E-state index in [1.54, 1.807) is 22.4 Å². The first-order valence-corrected chi connectivity index (χ1v) is 10.1. The summed E-state index contributed by atoms with van der Waals surface area (Å²) in [6.45, 7) is 0.791. The number of nitrogens with one attached hydrogen (secondary N) is 1. The first-order valence-electron chi connectivity index (χ1n) is 7.73. The summed E-state index contributed by atoms with van der Waals surface area (Å²) in [4.78, 5) is 14.0. The van der Waals surface area contributed by atoms with Gasteiger partial charge in [0.25, 0.3) is 5.91 Å². The molecule has 1 aliphatic rings. The number of nitrogens with zero attached hydrogens (tertiary/aromatic N) is 1. The maximum absolute atomic E-state index is 12.4. The molecule has 0 atom stereocenters. The van der Waals surface area contributed by atoms with Crippen molar-refractivity contribution in [3.8, 4) is 11.5 Å². The van der Waals surface area contributed by atoms with Crippen molar-refractivity contribution in [2.24, 2.45) is 0 Å². The van der Waals surface area contributed by atoms with Gasteiger partial charge in [-0.2, -0.15) is 0 Å². The third kappa shape index (κ3) is 4.12. The Hall–Kier alpha value is -2.10. The van der Waals surface area contributed by atoms with Gasteiger partial charge < -0.3 is 15.1 Å². The Kier molecular flexibility index (Phi) is 4.98. The van der Waals surface area contributed by atoms with Crippen LogP contribution in [0.2, 0.25) is 0 Å². The maximum atomic E-state index is 12.4. The third-order valence-corrected chi connectivity index (χ3v) is 6.93. The molecule has 7 nitrogen and oxygen atoms in total. The molecule has 1 amide bonds. The van der Waals surface area contributed by atoms with Gasteiger partial charge in [-0.3, -0.25) is 4.79 Å². The van der Waals surface area contributed by atoms with E-state index in [0.29, 0.717) is 25.9 Å². The van der Waals surface area contributed by atoms with E-state index in [-0.39, 0.29) is 33.2 Å². The van der Waals surface area contributed by atoms with E-state index in [4.69, 9.17) is 0 Å². The number of benzene rings is 1. The number of phenols is 2. The van der Waals surface area contributed by atoms with Crippen LogP contribution in [0.5, 0.6) is 11.5 Å². The average molecular weight is 382 g/mol. The number of amides is 1. The van der Waals surface area contributed by atoms with Gasteiger partial charge >= 0.3 is 0 Å². The summed E-state index contributed by atoms with van der Waals surface area (Å²) in [5.41, 5.74) is 0.204. The predicted molar refractivity (Wildman–Crippen MR) is 93.3 cm³/mol. The number of rotatable bonds is 4. The van der Waals surface area contributed by atoms with Gasteiger partial charge in [-0.1, -0.05) is 6.07 Å². The lowest BCUT2D eigenvalue weighted by atomic mass is 10.0. The molecule has 1 aromatic carbocycles. The molecule has 2 aromatic rings. The molecule has 134 valence electrons. The predicted octanol–water partition coefficient (Wildman–Crippen LogP) is 1.74. The summed E-state index contributed by atoms with van der Waals surface area (Å²) in [6.07, 6.45) is 1.00. The summed E-state index contributed by atoms with van der Waals surface area (Å²) < 4.78 is 27.4. The number of sulfonamides is 1. The second-order valence-electron chi connectivity index (χ2n) is 5.86. The fraction of sp³-hybridized carbons (Fsp3) is 0.312. The van der Waals surface area contributed by atoms with E-state index in [2.05, 4.69) is 4.72 Å². The van der Waals surface area contributed by atoms with Gasteiger partial charge in [0, 0.05) is 30.8 Å². The highest BCUT2D eigenvalue weighted by molar-refractivity contribution is 7.91. The fourth-order valence-electron chi connectivity index (χ4n) is 2.80. The topological polar surface area (TPSA) is 107 Å².